The third kappa shape index (κ3) is 17.3. The summed E-state index contributed by atoms with van der Waals surface area (Å²) in [6, 6.07) is -0.456. The fourth-order valence-corrected chi connectivity index (χ4v) is 4.40. The highest BCUT2D eigenvalue weighted by Gasteiger charge is 2.27. The Labute approximate surface area is 198 Å². The molecule has 1 aliphatic rings. The summed E-state index contributed by atoms with van der Waals surface area (Å²) in [6.45, 7) is 2.29. The summed E-state index contributed by atoms with van der Waals surface area (Å²) < 4.78 is 5.08. The van der Waals surface area contributed by atoms with Gasteiger partial charge in [0, 0.05) is 6.42 Å². The summed E-state index contributed by atoms with van der Waals surface area (Å²) in [6.07, 6.45) is 31.7. The lowest BCUT2D eigenvalue weighted by Crippen LogP contribution is -2.33. The SMILES string of the molecule is CCCCCCCCCCCCCCCCCCCCC/C=C/OC(=O)[C@@H]1CCC(=O)N1. The van der Waals surface area contributed by atoms with Crippen LogP contribution in [0.2, 0.25) is 0 Å². The van der Waals surface area contributed by atoms with E-state index in [4.69, 9.17) is 4.74 Å². The standard InChI is InChI=1S/C28H51NO3/c1-2-3-4-5-6-7-8-9-10-11-12-13-14-15-16-17-18-19-20-21-22-25-32-28(31)26-23-24-27(30)29-26/h22,25-26H,2-21,23-24H2,1H3,(H,29,30)/b25-22+/t26-/m0/s1. The molecule has 1 atom stereocenters. The van der Waals surface area contributed by atoms with E-state index in [1.165, 1.54) is 122 Å². The lowest BCUT2D eigenvalue weighted by atomic mass is 10.0. The average Bonchev–Trinajstić information content (AvgIpc) is 3.23. The molecule has 4 nitrogen and oxygen atoms in total. The smallest absolute Gasteiger partial charge is 0.333 e. The minimum absolute atomic E-state index is 0.0648. The van der Waals surface area contributed by atoms with Crippen LogP contribution in [-0.2, 0) is 14.3 Å². The molecule has 0 radical (unpaired) electrons. The molecule has 32 heavy (non-hydrogen) atoms. The Hall–Kier alpha value is -1.32. The van der Waals surface area contributed by atoms with Gasteiger partial charge in [-0.3, -0.25) is 4.79 Å². The molecule has 1 saturated heterocycles. The minimum Gasteiger partial charge on any atom is -0.433 e. The highest BCUT2D eigenvalue weighted by Crippen LogP contribution is 2.15. The second-order valence-corrected chi connectivity index (χ2v) is 9.62. The Morgan fingerprint density at radius 3 is 1.62 bits per heavy atom. The summed E-state index contributed by atoms with van der Waals surface area (Å²) in [4.78, 5) is 22.8. The molecule has 0 spiro atoms. The maximum Gasteiger partial charge on any atom is 0.333 e. The van der Waals surface area contributed by atoms with Crippen molar-refractivity contribution in [1.29, 1.82) is 0 Å². The van der Waals surface area contributed by atoms with Crippen LogP contribution in [0, 0.1) is 0 Å². The van der Waals surface area contributed by atoms with E-state index >= 15 is 0 Å². The van der Waals surface area contributed by atoms with Gasteiger partial charge in [0.1, 0.15) is 6.04 Å². The molecule has 1 rings (SSSR count). The van der Waals surface area contributed by atoms with Crippen LogP contribution in [0.4, 0.5) is 0 Å². The number of carbonyl (C=O) groups excluding carboxylic acids is 2. The van der Waals surface area contributed by atoms with Crippen LogP contribution in [-0.4, -0.2) is 17.9 Å². The molecule has 0 saturated carbocycles. The van der Waals surface area contributed by atoms with Gasteiger partial charge in [0.05, 0.1) is 6.26 Å². The van der Waals surface area contributed by atoms with Crippen LogP contribution in [0.1, 0.15) is 148 Å². The van der Waals surface area contributed by atoms with Gasteiger partial charge in [-0.2, -0.15) is 0 Å². The van der Waals surface area contributed by atoms with Crippen molar-refractivity contribution >= 4 is 11.9 Å². The van der Waals surface area contributed by atoms with Gasteiger partial charge in [-0.1, -0.05) is 122 Å². The highest BCUT2D eigenvalue weighted by atomic mass is 16.5. The van der Waals surface area contributed by atoms with Crippen molar-refractivity contribution in [1.82, 2.24) is 5.32 Å². The van der Waals surface area contributed by atoms with Gasteiger partial charge in [-0.25, -0.2) is 4.79 Å². The molecule has 0 aromatic rings. The zero-order valence-corrected chi connectivity index (χ0v) is 21.0. The van der Waals surface area contributed by atoms with Gasteiger partial charge >= 0.3 is 5.97 Å². The third-order valence-electron chi connectivity index (χ3n) is 6.53. The fraction of sp³-hybridized carbons (Fsp3) is 0.857. The summed E-state index contributed by atoms with van der Waals surface area (Å²) >= 11 is 0. The van der Waals surface area contributed by atoms with Gasteiger partial charge in [0.2, 0.25) is 5.91 Å². The Morgan fingerprint density at radius 2 is 1.22 bits per heavy atom. The van der Waals surface area contributed by atoms with Crippen molar-refractivity contribution < 1.29 is 14.3 Å². The number of hydrogen-bond donors (Lipinski definition) is 1. The first kappa shape index (κ1) is 28.7. The molecular formula is C28H51NO3. The van der Waals surface area contributed by atoms with Crippen molar-refractivity contribution in [2.45, 2.75) is 154 Å². The number of unbranched alkanes of at least 4 members (excludes halogenated alkanes) is 19. The van der Waals surface area contributed by atoms with E-state index in [0.717, 1.165) is 12.8 Å². The number of rotatable bonds is 22. The molecule has 0 unspecified atom stereocenters. The van der Waals surface area contributed by atoms with Crippen molar-refractivity contribution in [3.8, 4) is 0 Å². The lowest BCUT2D eigenvalue weighted by Gasteiger charge is -2.06. The van der Waals surface area contributed by atoms with Gasteiger partial charge in [0.25, 0.3) is 0 Å². The highest BCUT2D eigenvalue weighted by molar-refractivity contribution is 5.88. The molecule has 1 amide bonds. The van der Waals surface area contributed by atoms with Crippen LogP contribution in [0.25, 0.3) is 0 Å². The molecule has 0 bridgehead atoms. The molecule has 1 aliphatic heterocycles. The van der Waals surface area contributed by atoms with E-state index < -0.39 is 6.04 Å². The first-order valence-corrected chi connectivity index (χ1v) is 13.9. The van der Waals surface area contributed by atoms with Gasteiger partial charge < -0.3 is 10.1 Å². The lowest BCUT2D eigenvalue weighted by molar-refractivity contribution is -0.141. The number of hydrogen-bond acceptors (Lipinski definition) is 3. The van der Waals surface area contributed by atoms with Gasteiger partial charge in [0.15, 0.2) is 0 Å². The minimum atomic E-state index is -0.456. The van der Waals surface area contributed by atoms with E-state index in [1.807, 2.05) is 6.08 Å². The molecule has 4 heteroatoms. The maximum atomic E-state index is 11.7. The molecular weight excluding hydrogens is 398 g/mol. The van der Waals surface area contributed by atoms with Gasteiger partial charge in [-0.05, 0) is 25.3 Å². The molecule has 1 N–H and O–H groups in total. The number of esters is 1. The quantitative estimate of drug-likeness (QED) is 0.103. The van der Waals surface area contributed by atoms with Crippen LogP contribution in [0.3, 0.4) is 0 Å². The Balaban J connectivity index is 1.71. The monoisotopic (exact) mass is 449 g/mol. The predicted octanol–water partition coefficient (Wildman–Crippen LogP) is 8.14. The van der Waals surface area contributed by atoms with Crippen molar-refractivity contribution in [2.24, 2.45) is 0 Å². The van der Waals surface area contributed by atoms with E-state index in [-0.39, 0.29) is 11.9 Å². The van der Waals surface area contributed by atoms with E-state index in [0.29, 0.717) is 12.8 Å². The van der Waals surface area contributed by atoms with Crippen LogP contribution in [0.5, 0.6) is 0 Å². The first-order chi connectivity index (χ1) is 15.7. The number of allylic oxidation sites excluding steroid dienone is 1. The molecule has 0 aliphatic carbocycles. The van der Waals surface area contributed by atoms with Crippen LogP contribution in [0.15, 0.2) is 12.3 Å². The second kappa shape index (κ2) is 21.5. The molecule has 186 valence electrons. The number of carbonyl (C=O) groups is 2. The number of nitrogens with one attached hydrogen (secondary N) is 1. The Morgan fingerprint density at radius 1 is 0.781 bits per heavy atom. The van der Waals surface area contributed by atoms with E-state index in [2.05, 4.69) is 12.2 Å². The first-order valence-electron chi connectivity index (χ1n) is 13.9. The largest absolute Gasteiger partial charge is 0.433 e. The summed E-state index contributed by atoms with van der Waals surface area (Å²) in [5, 5.41) is 2.62. The average molecular weight is 450 g/mol. The molecule has 0 aromatic carbocycles. The zero-order valence-electron chi connectivity index (χ0n) is 21.0. The normalized spacial score (nSPS) is 16.0. The van der Waals surface area contributed by atoms with E-state index in [1.54, 1.807) is 0 Å². The third-order valence-corrected chi connectivity index (χ3v) is 6.53. The summed E-state index contributed by atoms with van der Waals surface area (Å²) in [5.41, 5.74) is 0. The predicted molar refractivity (Wildman–Crippen MR) is 134 cm³/mol. The van der Waals surface area contributed by atoms with Crippen molar-refractivity contribution in [2.75, 3.05) is 0 Å². The maximum absolute atomic E-state index is 11.7. The van der Waals surface area contributed by atoms with Crippen molar-refractivity contribution in [3.63, 3.8) is 0 Å². The Bertz CT molecular complexity index is 489. The zero-order chi connectivity index (χ0) is 23.1. The van der Waals surface area contributed by atoms with Gasteiger partial charge in [-0.15, -0.1) is 0 Å². The number of ether oxygens (including phenoxy) is 1. The number of amides is 1. The molecule has 1 fully saturated rings. The molecule has 0 aromatic heterocycles. The second-order valence-electron chi connectivity index (χ2n) is 9.62. The van der Waals surface area contributed by atoms with Crippen LogP contribution < -0.4 is 5.32 Å². The van der Waals surface area contributed by atoms with E-state index in [9.17, 15) is 9.59 Å². The molecule has 1 heterocycles. The van der Waals surface area contributed by atoms with Crippen LogP contribution >= 0.6 is 0 Å². The summed E-state index contributed by atoms with van der Waals surface area (Å²) in [5.74, 6) is -0.412. The topological polar surface area (TPSA) is 55.4 Å². The fourth-order valence-electron chi connectivity index (χ4n) is 4.40. The van der Waals surface area contributed by atoms with Crippen molar-refractivity contribution in [3.05, 3.63) is 12.3 Å². The Kier molecular flexibility index (Phi) is 19.3. The summed E-state index contributed by atoms with van der Waals surface area (Å²) in [7, 11) is 0.